The van der Waals surface area contributed by atoms with Gasteiger partial charge in [0.2, 0.25) is 0 Å². The van der Waals surface area contributed by atoms with E-state index in [4.69, 9.17) is 13.9 Å². The zero-order chi connectivity index (χ0) is 29.3. The lowest BCUT2D eigenvalue weighted by molar-refractivity contribution is -0.140. The van der Waals surface area contributed by atoms with Crippen molar-refractivity contribution >= 4 is 26.0 Å². The molecule has 0 N–H and O–H groups in total. The minimum Gasteiger partial charge on any atom is -0.463 e. The Morgan fingerprint density at radius 3 is 2.21 bits per heavy atom. The van der Waals surface area contributed by atoms with Crippen LogP contribution >= 0.6 is 0 Å². The molecule has 2 bridgehead atoms. The molecule has 3 rings (SSSR count). The standard InChI is InChI=1S/C31H50N2O5Si/c1-12-36-28(34)27-25(18-24-19-33(20-26(27)32(24)9)29(35)37-30(3,4)5)23-15-13-22(14-16-23)17-21(2)38-39(10,11)31(6,7)8/h13-16,21,24,26H,12,17-20H2,1-11H3. The third-order valence-corrected chi connectivity index (χ3v) is 12.9. The van der Waals surface area contributed by atoms with Gasteiger partial charge in [-0.2, -0.15) is 0 Å². The summed E-state index contributed by atoms with van der Waals surface area (Å²) in [5.41, 5.74) is 3.34. The number of likely N-dealkylation sites (N-methyl/N-ethyl adjacent to an activating group) is 1. The molecule has 218 valence electrons. The second-order valence-corrected chi connectivity index (χ2v) is 18.4. The molecule has 3 atom stereocenters. The number of esters is 1. The first kappa shape index (κ1) is 31.4. The zero-order valence-corrected chi connectivity index (χ0v) is 27.0. The molecule has 8 heteroatoms. The molecule has 2 aliphatic heterocycles. The third kappa shape index (κ3) is 7.53. The van der Waals surface area contributed by atoms with Crippen LogP contribution in [0.15, 0.2) is 29.8 Å². The summed E-state index contributed by atoms with van der Waals surface area (Å²) in [6, 6.07) is 8.37. The summed E-state index contributed by atoms with van der Waals surface area (Å²) in [6.45, 7) is 22.2. The normalized spacial score (nSPS) is 21.6. The molecule has 1 aromatic carbocycles. The summed E-state index contributed by atoms with van der Waals surface area (Å²) in [5.74, 6) is -0.311. The van der Waals surface area contributed by atoms with Gasteiger partial charge in [-0.3, -0.25) is 4.90 Å². The number of carbonyl (C=O) groups excluding carboxylic acids is 2. The lowest BCUT2D eigenvalue weighted by atomic mass is 9.82. The fourth-order valence-corrected chi connectivity index (χ4v) is 6.66. The highest BCUT2D eigenvalue weighted by atomic mass is 28.4. The second kappa shape index (κ2) is 11.8. The van der Waals surface area contributed by atoms with E-state index in [1.54, 1.807) is 4.90 Å². The van der Waals surface area contributed by atoms with E-state index in [0.29, 0.717) is 31.7 Å². The van der Waals surface area contributed by atoms with Crippen LogP contribution in [-0.2, 0) is 25.1 Å². The van der Waals surface area contributed by atoms with Gasteiger partial charge in [0.15, 0.2) is 8.32 Å². The average Bonchev–Trinajstić information content (AvgIpc) is 2.77. The van der Waals surface area contributed by atoms with Crippen LogP contribution in [0, 0.1) is 0 Å². The molecular formula is C31H50N2O5Si. The quantitative estimate of drug-likeness (QED) is 0.290. The number of fused-ring (bicyclic) bond motifs is 2. The van der Waals surface area contributed by atoms with Gasteiger partial charge >= 0.3 is 12.1 Å². The molecule has 1 fully saturated rings. The molecular weight excluding hydrogens is 508 g/mol. The first-order valence-electron chi connectivity index (χ1n) is 14.3. The predicted molar refractivity (Wildman–Crippen MR) is 159 cm³/mol. The maximum absolute atomic E-state index is 13.3. The fraction of sp³-hybridized carbons (Fsp3) is 0.677. The number of carbonyl (C=O) groups is 2. The monoisotopic (exact) mass is 558 g/mol. The maximum atomic E-state index is 13.3. The van der Waals surface area contributed by atoms with Crippen LogP contribution in [0.5, 0.6) is 0 Å². The summed E-state index contributed by atoms with van der Waals surface area (Å²) >= 11 is 0. The fourth-order valence-electron chi connectivity index (χ4n) is 5.21. The Hall–Kier alpha value is -2.16. The van der Waals surface area contributed by atoms with Gasteiger partial charge in [0, 0.05) is 25.2 Å². The topological polar surface area (TPSA) is 68.3 Å². The third-order valence-electron chi connectivity index (χ3n) is 8.26. The van der Waals surface area contributed by atoms with Gasteiger partial charge in [0.1, 0.15) is 5.60 Å². The predicted octanol–water partition coefficient (Wildman–Crippen LogP) is 6.28. The van der Waals surface area contributed by atoms with Gasteiger partial charge in [0.05, 0.1) is 18.2 Å². The molecule has 2 heterocycles. The summed E-state index contributed by atoms with van der Waals surface area (Å²) in [5, 5.41) is 0.173. The van der Waals surface area contributed by atoms with Crippen LogP contribution in [-0.4, -0.2) is 80.7 Å². The van der Waals surface area contributed by atoms with Gasteiger partial charge in [-0.1, -0.05) is 45.0 Å². The van der Waals surface area contributed by atoms with Crippen molar-refractivity contribution in [2.45, 2.75) is 110 Å². The number of ether oxygens (including phenoxy) is 2. The Morgan fingerprint density at radius 2 is 1.67 bits per heavy atom. The number of hydrogen-bond donors (Lipinski definition) is 0. The number of piperazine rings is 1. The first-order chi connectivity index (χ1) is 17.9. The zero-order valence-electron chi connectivity index (χ0n) is 26.0. The van der Waals surface area contributed by atoms with E-state index >= 15 is 0 Å². The molecule has 1 aromatic rings. The van der Waals surface area contributed by atoms with Gasteiger partial charge in [-0.05, 0) is 89.3 Å². The summed E-state index contributed by atoms with van der Waals surface area (Å²) in [4.78, 5) is 30.2. The number of benzene rings is 1. The van der Waals surface area contributed by atoms with Crippen LogP contribution in [0.4, 0.5) is 4.79 Å². The van der Waals surface area contributed by atoms with Crippen molar-refractivity contribution in [3.05, 3.63) is 41.0 Å². The van der Waals surface area contributed by atoms with E-state index in [2.05, 4.69) is 70.0 Å². The molecule has 0 aromatic heterocycles. The summed E-state index contributed by atoms with van der Waals surface area (Å²) < 4.78 is 17.8. The highest BCUT2D eigenvalue weighted by Crippen LogP contribution is 2.39. The molecule has 3 unspecified atom stereocenters. The van der Waals surface area contributed by atoms with E-state index < -0.39 is 13.9 Å². The summed E-state index contributed by atoms with van der Waals surface area (Å²) in [6.07, 6.45) is 1.29. The van der Waals surface area contributed by atoms with E-state index in [0.717, 1.165) is 17.6 Å². The largest absolute Gasteiger partial charge is 0.463 e. The van der Waals surface area contributed by atoms with Crippen molar-refractivity contribution in [1.82, 2.24) is 9.80 Å². The Balaban J connectivity index is 1.87. The van der Waals surface area contributed by atoms with Gasteiger partial charge in [-0.15, -0.1) is 0 Å². The first-order valence-corrected chi connectivity index (χ1v) is 17.2. The smallest absolute Gasteiger partial charge is 0.410 e. The van der Waals surface area contributed by atoms with Crippen molar-refractivity contribution in [3.63, 3.8) is 0 Å². The van der Waals surface area contributed by atoms with Crippen molar-refractivity contribution in [2.24, 2.45) is 0 Å². The molecule has 7 nitrogen and oxygen atoms in total. The van der Waals surface area contributed by atoms with E-state index in [-0.39, 0.29) is 35.3 Å². The van der Waals surface area contributed by atoms with Crippen molar-refractivity contribution < 1.29 is 23.5 Å². The highest BCUT2D eigenvalue weighted by molar-refractivity contribution is 6.74. The lowest BCUT2D eigenvalue weighted by Gasteiger charge is -2.49. The Morgan fingerprint density at radius 1 is 1.05 bits per heavy atom. The van der Waals surface area contributed by atoms with Crippen LogP contribution in [0.3, 0.4) is 0 Å². The lowest BCUT2D eigenvalue weighted by Crippen LogP contribution is -2.62. The van der Waals surface area contributed by atoms with Crippen molar-refractivity contribution in [2.75, 3.05) is 26.7 Å². The number of hydrogen-bond acceptors (Lipinski definition) is 6. The second-order valence-electron chi connectivity index (χ2n) is 13.6. The number of nitrogens with zero attached hydrogens (tertiary/aromatic N) is 2. The molecule has 0 aliphatic carbocycles. The molecule has 0 spiro atoms. The van der Waals surface area contributed by atoms with E-state index in [1.165, 1.54) is 5.56 Å². The van der Waals surface area contributed by atoms with Crippen LogP contribution in [0.25, 0.3) is 5.57 Å². The van der Waals surface area contributed by atoms with Crippen molar-refractivity contribution in [3.8, 4) is 0 Å². The Labute approximate surface area is 237 Å². The molecule has 1 saturated heterocycles. The summed E-state index contributed by atoms with van der Waals surface area (Å²) in [7, 11) is 0.196. The molecule has 0 saturated carbocycles. The molecule has 0 radical (unpaired) electrons. The molecule has 2 aliphatic rings. The van der Waals surface area contributed by atoms with E-state index in [9.17, 15) is 9.59 Å². The van der Waals surface area contributed by atoms with Crippen LogP contribution in [0.2, 0.25) is 18.1 Å². The number of rotatable bonds is 7. The van der Waals surface area contributed by atoms with E-state index in [1.807, 2.05) is 34.7 Å². The van der Waals surface area contributed by atoms with Crippen LogP contribution in [0.1, 0.15) is 72.9 Å². The Bertz CT molecular complexity index is 1070. The number of amides is 1. The maximum Gasteiger partial charge on any atom is 0.410 e. The average molecular weight is 559 g/mol. The highest BCUT2D eigenvalue weighted by Gasteiger charge is 2.45. The Kier molecular flexibility index (Phi) is 9.45. The minimum absolute atomic E-state index is 0.0853. The molecule has 1 amide bonds. The van der Waals surface area contributed by atoms with Gasteiger partial charge in [0.25, 0.3) is 0 Å². The van der Waals surface area contributed by atoms with Gasteiger partial charge < -0.3 is 18.8 Å². The minimum atomic E-state index is -1.84. The van der Waals surface area contributed by atoms with Crippen LogP contribution < -0.4 is 0 Å². The molecule has 39 heavy (non-hydrogen) atoms. The van der Waals surface area contributed by atoms with Crippen molar-refractivity contribution in [1.29, 1.82) is 0 Å². The SMILES string of the molecule is CCOC(=O)C1=C(c2ccc(CC(C)O[Si](C)(C)C(C)(C)C)cc2)CC2CN(C(=O)OC(C)(C)C)CC1N2C. The van der Waals surface area contributed by atoms with Gasteiger partial charge in [-0.25, -0.2) is 9.59 Å².